The molecule has 2 saturated heterocycles. The maximum absolute atomic E-state index is 5.92. The zero-order valence-corrected chi connectivity index (χ0v) is 17.5. The lowest BCUT2D eigenvalue weighted by Gasteiger charge is -2.32. The van der Waals surface area contributed by atoms with Crippen molar-refractivity contribution in [3.63, 3.8) is 0 Å². The van der Waals surface area contributed by atoms with Crippen molar-refractivity contribution in [2.75, 3.05) is 26.4 Å². The summed E-state index contributed by atoms with van der Waals surface area (Å²) in [7, 11) is 0. The van der Waals surface area contributed by atoms with Crippen LogP contribution in [0.4, 0.5) is 0 Å². The number of aromatic nitrogens is 2. The fourth-order valence-corrected chi connectivity index (χ4v) is 3.63. The van der Waals surface area contributed by atoms with Crippen LogP contribution in [0.3, 0.4) is 0 Å². The standard InChI is InChI=1S/C22H36N2O4/c1-3-5-7-17-13-25-21(26-14-17)10-9-18-15-27-22(28-16-18)19-11-23-20(24-12-19)8-6-4-2/h11-12,17-18,21-22H,3-10,13-16H2,1-2H3. The molecule has 3 heterocycles. The minimum Gasteiger partial charge on any atom is -0.352 e. The highest BCUT2D eigenvalue weighted by Crippen LogP contribution is 2.28. The minimum atomic E-state index is -0.349. The first-order chi connectivity index (χ1) is 13.8. The van der Waals surface area contributed by atoms with Gasteiger partial charge in [0.15, 0.2) is 12.6 Å². The zero-order chi connectivity index (χ0) is 19.6. The fourth-order valence-electron chi connectivity index (χ4n) is 3.63. The van der Waals surface area contributed by atoms with E-state index in [-0.39, 0.29) is 12.6 Å². The number of ether oxygens (including phenoxy) is 4. The van der Waals surface area contributed by atoms with E-state index >= 15 is 0 Å². The van der Waals surface area contributed by atoms with Crippen LogP contribution in [0.5, 0.6) is 0 Å². The molecule has 3 rings (SSSR count). The maximum atomic E-state index is 5.92. The number of rotatable bonds is 10. The van der Waals surface area contributed by atoms with E-state index in [0.717, 1.165) is 56.7 Å². The predicted octanol–water partition coefficient (Wildman–Crippen LogP) is 4.44. The molecule has 0 unspecified atom stereocenters. The van der Waals surface area contributed by atoms with Crippen molar-refractivity contribution >= 4 is 0 Å². The Hall–Kier alpha value is -1.08. The Bertz CT molecular complexity index is 538. The third kappa shape index (κ3) is 6.76. The Morgan fingerprint density at radius 3 is 2.04 bits per heavy atom. The van der Waals surface area contributed by atoms with E-state index in [9.17, 15) is 0 Å². The molecule has 2 fully saturated rings. The zero-order valence-electron chi connectivity index (χ0n) is 17.5. The van der Waals surface area contributed by atoms with E-state index in [2.05, 4.69) is 23.8 Å². The molecule has 2 aliphatic rings. The lowest BCUT2D eigenvalue weighted by molar-refractivity contribution is -0.220. The van der Waals surface area contributed by atoms with E-state index in [0.29, 0.717) is 25.0 Å². The summed E-state index contributed by atoms with van der Waals surface area (Å²) in [6.07, 6.45) is 12.0. The lowest BCUT2D eigenvalue weighted by Crippen LogP contribution is -2.33. The van der Waals surface area contributed by atoms with Crippen LogP contribution in [0.15, 0.2) is 12.4 Å². The molecule has 1 aromatic heterocycles. The molecule has 0 atom stereocenters. The second kappa shape index (κ2) is 11.8. The summed E-state index contributed by atoms with van der Waals surface area (Å²) in [5.41, 5.74) is 0.899. The van der Waals surface area contributed by atoms with E-state index < -0.39 is 0 Å². The van der Waals surface area contributed by atoms with Gasteiger partial charge in [-0.25, -0.2) is 9.97 Å². The van der Waals surface area contributed by atoms with Gasteiger partial charge in [-0.2, -0.15) is 0 Å². The monoisotopic (exact) mass is 392 g/mol. The topological polar surface area (TPSA) is 62.7 Å². The minimum absolute atomic E-state index is 0.0698. The Balaban J connectivity index is 1.32. The SMILES string of the molecule is CCCCc1ncc(C2OCC(CCC3OCC(CCCC)CO3)CO2)cn1. The molecule has 6 nitrogen and oxygen atoms in total. The molecular formula is C22H36N2O4. The van der Waals surface area contributed by atoms with Gasteiger partial charge in [-0.1, -0.05) is 33.1 Å². The maximum Gasteiger partial charge on any atom is 0.186 e. The van der Waals surface area contributed by atoms with Crippen molar-refractivity contribution < 1.29 is 18.9 Å². The molecule has 0 aromatic carbocycles. The summed E-state index contributed by atoms with van der Waals surface area (Å²) in [5.74, 6) is 1.84. The molecular weight excluding hydrogens is 356 g/mol. The van der Waals surface area contributed by atoms with E-state index in [1.807, 2.05) is 12.4 Å². The van der Waals surface area contributed by atoms with Gasteiger partial charge in [0.25, 0.3) is 0 Å². The third-order valence-corrected chi connectivity index (χ3v) is 5.53. The first kappa shape index (κ1) is 21.6. The number of hydrogen-bond donors (Lipinski definition) is 0. The van der Waals surface area contributed by atoms with Crippen LogP contribution in [0.2, 0.25) is 0 Å². The van der Waals surface area contributed by atoms with Gasteiger partial charge in [0.2, 0.25) is 0 Å². The molecule has 0 N–H and O–H groups in total. The highest BCUT2D eigenvalue weighted by molar-refractivity contribution is 5.07. The van der Waals surface area contributed by atoms with Crippen LogP contribution in [0.1, 0.15) is 76.5 Å². The summed E-state index contributed by atoms with van der Waals surface area (Å²) in [6.45, 7) is 7.44. The second-order valence-corrected chi connectivity index (χ2v) is 8.08. The van der Waals surface area contributed by atoms with Gasteiger partial charge in [-0.05, 0) is 25.7 Å². The van der Waals surface area contributed by atoms with Gasteiger partial charge in [-0.3, -0.25) is 0 Å². The van der Waals surface area contributed by atoms with E-state index in [1.165, 1.54) is 19.3 Å². The highest BCUT2D eigenvalue weighted by atomic mass is 16.7. The van der Waals surface area contributed by atoms with E-state index in [4.69, 9.17) is 18.9 Å². The molecule has 158 valence electrons. The first-order valence-corrected chi connectivity index (χ1v) is 11.1. The van der Waals surface area contributed by atoms with Gasteiger partial charge >= 0.3 is 0 Å². The Kier molecular flexibility index (Phi) is 9.12. The summed E-state index contributed by atoms with van der Waals surface area (Å²) < 4.78 is 23.6. The van der Waals surface area contributed by atoms with E-state index in [1.54, 1.807) is 0 Å². The largest absolute Gasteiger partial charge is 0.352 e. The van der Waals surface area contributed by atoms with Gasteiger partial charge in [0.1, 0.15) is 5.82 Å². The quantitative estimate of drug-likeness (QED) is 0.587. The van der Waals surface area contributed by atoms with Crippen molar-refractivity contribution in [3.8, 4) is 0 Å². The first-order valence-electron chi connectivity index (χ1n) is 11.1. The number of unbranched alkanes of at least 4 members (excludes halogenated alkanes) is 2. The fraction of sp³-hybridized carbons (Fsp3) is 0.818. The number of hydrogen-bond acceptors (Lipinski definition) is 6. The van der Waals surface area contributed by atoms with Crippen LogP contribution in [-0.2, 0) is 25.4 Å². The summed E-state index contributed by atoms with van der Waals surface area (Å²) in [6, 6.07) is 0. The van der Waals surface area contributed by atoms with Crippen LogP contribution in [0, 0.1) is 11.8 Å². The number of nitrogens with zero attached hydrogens (tertiary/aromatic N) is 2. The van der Waals surface area contributed by atoms with Gasteiger partial charge in [0, 0.05) is 36.2 Å². The molecule has 0 amide bonds. The molecule has 6 heteroatoms. The van der Waals surface area contributed by atoms with Crippen LogP contribution >= 0.6 is 0 Å². The van der Waals surface area contributed by atoms with Crippen molar-refractivity contribution in [1.29, 1.82) is 0 Å². The van der Waals surface area contributed by atoms with Crippen LogP contribution in [0.25, 0.3) is 0 Å². The second-order valence-electron chi connectivity index (χ2n) is 8.08. The molecule has 0 spiro atoms. The molecule has 1 aromatic rings. The molecule has 0 aliphatic carbocycles. The molecule has 0 saturated carbocycles. The van der Waals surface area contributed by atoms with Gasteiger partial charge in [0.05, 0.1) is 26.4 Å². The average Bonchev–Trinajstić information content (AvgIpc) is 2.76. The average molecular weight is 393 g/mol. The normalized spacial score (nSPS) is 28.4. The van der Waals surface area contributed by atoms with Crippen molar-refractivity contribution in [3.05, 3.63) is 23.8 Å². The third-order valence-electron chi connectivity index (χ3n) is 5.53. The van der Waals surface area contributed by atoms with Gasteiger partial charge < -0.3 is 18.9 Å². The Labute approximate surface area is 169 Å². The smallest absolute Gasteiger partial charge is 0.186 e. The van der Waals surface area contributed by atoms with Gasteiger partial charge in [-0.15, -0.1) is 0 Å². The Morgan fingerprint density at radius 2 is 1.39 bits per heavy atom. The summed E-state index contributed by atoms with van der Waals surface area (Å²) >= 11 is 0. The summed E-state index contributed by atoms with van der Waals surface area (Å²) in [4.78, 5) is 8.86. The highest BCUT2D eigenvalue weighted by Gasteiger charge is 2.27. The van der Waals surface area contributed by atoms with Crippen LogP contribution in [-0.4, -0.2) is 42.7 Å². The van der Waals surface area contributed by atoms with Crippen LogP contribution < -0.4 is 0 Å². The predicted molar refractivity (Wildman–Crippen MR) is 107 cm³/mol. The Morgan fingerprint density at radius 1 is 0.786 bits per heavy atom. The number of aryl methyl sites for hydroxylation is 1. The lowest BCUT2D eigenvalue weighted by atomic mass is 10.0. The molecule has 2 aliphatic heterocycles. The van der Waals surface area contributed by atoms with Crippen molar-refractivity contribution in [2.45, 2.75) is 77.8 Å². The summed E-state index contributed by atoms with van der Waals surface area (Å²) in [5, 5.41) is 0. The molecule has 0 radical (unpaired) electrons. The van der Waals surface area contributed by atoms with Crippen molar-refractivity contribution in [1.82, 2.24) is 9.97 Å². The van der Waals surface area contributed by atoms with Crippen molar-refractivity contribution in [2.24, 2.45) is 11.8 Å². The molecule has 28 heavy (non-hydrogen) atoms. The molecule has 0 bridgehead atoms.